The Morgan fingerprint density at radius 1 is 1.48 bits per heavy atom. The summed E-state index contributed by atoms with van der Waals surface area (Å²) in [5.74, 6) is 0.255. The summed E-state index contributed by atoms with van der Waals surface area (Å²) in [6.07, 6.45) is 3.95. The second kappa shape index (κ2) is 5.17. The molecule has 23 heavy (non-hydrogen) atoms. The van der Waals surface area contributed by atoms with Gasteiger partial charge in [-0.05, 0) is 33.6 Å². The van der Waals surface area contributed by atoms with Crippen LogP contribution in [0.2, 0.25) is 5.02 Å². The summed E-state index contributed by atoms with van der Waals surface area (Å²) in [5.41, 5.74) is -0.634. The van der Waals surface area contributed by atoms with Crippen molar-refractivity contribution in [1.82, 2.24) is 19.7 Å². The van der Waals surface area contributed by atoms with Crippen molar-refractivity contribution >= 4 is 23.2 Å². The molecule has 0 amide bonds. The highest BCUT2D eigenvalue weighted by molar-refractivity contribution is 6.31. The van der Waals surface area contributed by atoms with Gasteiger partial charge >= 0.3 is 0 Å². The molecule has 1 N–H and O–H groups in total. The second-order valence-electron chi connectivity index (χ2n) is 6.22. The first kappa shape index (κ1) is 15.7. The van der Waals surface area contributed by atoms with E-state index < -0.39 is 11.2 Å². The molecular weight excluding hydrogens is 319 g/mol. The van der Waals surface area contributed by atoms with Gasteiger partial charge in [-0.15, -0.1) is 0 Å². The Labute approximate surface area is 138 Å². The standard InChI is InChI=1S/C15H16ClFN6/c1-9-11(7-23(22-9)14(2,3)8-18)20-13-19-6-10(16)12(21-13)15(17)4-5-15/h6-7H,4-5H2,1-3H3,(H,19,20,21). The fourth-order valence-electron chi connectivity index (χ4n) is 2.13. The van der Waals surface area contributed by atoms with Crippen LogP contribution in [0.3, 0.4) is 0 Å². The molecule has 1 saturated carbocycles. The topological polar surface area (TPSA) is 79.4 Å². The van der Waals surface area contributed by atoms with Crippen LogP contribution in [-0.4, -0.2) is 19.7 Å². The minimum absolute atomic E-state index is 0.221. The predicted molar refractivity (Wildman–Crippen MR) is 84.2 cm³/mol. The maximum Gasteiger partial charge on any atom is 0.227 e. The van der Waals surface area contributed by atoms with Gasteiger partial charge in [-0.2, -0.15) is 10.4 Å². The molecule has 0 aromatic carbocycles. The molecule has 0 atom stereocenters. The number of aromatic nitrogens is 4. The molecule has 6 nitrogen and oxygen atoms in total. The van der Waals surface area contributed by atoms with Gasteiger partial charge in [0.2, 0.25) is 5.95 Å². The van der Waals surface area contributed by atoms with Gasteiger partial charge in [0, 0.05) is 0 Å². The lowest BCUT2D eigenvalue weighted by Crippen LogP contribution is -2.24. The summed E-state index contributed by atoms with van der Waals surface area (Å²) in [6, 6.07) is 2.18. The summed E-state index contributed by atoms with van der Waals surface area (Å²) < 4.78 is 15.8. The molecule has 0 aliphatic heterocycles. The largest absolute Gasteiger partial charge is 0.321 e. The highest BCUT2D eigenvalue weighted by atomic mass is 35.5. The van der Waals surface area contributed by atoms with Gasteiger partial charge < -0.3 is 5.32 Å². The average Bonchev–Trinajstić information content (AvgIpc) is 3.15. The van der Waals surface area contributed by atoms with Crippen LogP contribution in [0.15, 0.2) is 12.4 Å². The number of nitrogens with zero attached hydrogens (tertiary/aromatic N) is 5. The first-order valence-electron chi connectivity index (χ1n) is 7.22. The quantitative estimate of drug-likeness (QED) is 0.924. The molecule has 0 spiro atoms. The molecule has 2 aromatic heterocycles. The van der Waals surface area contributed by atoms with Crippen molar-refractivity contribution in [2.45, 2.75) is 44.8 Å². The lowest BCUT2D eigenvalue weighted by atomic mass is 10.1. The monoisotopic (exact) mass is 334 g/mol. The summed E-state index contributed by atoms with van der Waals surface area (Å²) >= 11 is 5.99. The van der Waals surface area contributed by atoms with E-state index in [1.165, 1.54) is 6.20 Å². The molecule has 0 saturated heterocycles. The van der Waals surface area contributed by atoms with E-state index >= 15 is 0 Å². The van der Waals surface area contributed by atoms with Crippen LogP contribution < -0.4 is 5.32 Å². The fourth-order valence-corrected chi connectivity index (χ4v) is 2.39. The Morgan fingerprint density at radius 2 is 2.17 bits per heavy atom. The molecule has 2 heterocycles. The predicted octanol–water partition coefficient (Wildman–Crippen LogP) is 3.60. The van der Waals surface area contributed by atoms with Crippen LogP contribution in [0.5, 0.6) is 0 Å². The Balaban J connectivity index is 1.90. The van der Waals surface area contributed by atoms with E-state index in [1.54, 1.807) is 31.6 Å². The van der Waals surface area contributed by atoms with Gasteiger partial charge in [-0.25, -0.2) is 14.4 Å². The van der Waals surface area contributed by atoms with Gasteiger partial charge in [-0.3, -0.25) is 4.68 Å². The van der Waals surface area contributed by atoms with Crippen molar-refractivity contribution in [3.05, 3.63) is 28.8 Å². The number of aryl methyl sites for hydroxylation is 1. The maximum atomic E-state index is 14.2. The van der Waals surface area contributed by atoms with Gasteiger partial charge in [-0.1, -0.05) is 11.6 Å². The van der Waals surface area contributed by atoms with Crippen LogP contribution in [-0.2, 0) is 11.2 Å². The van der Waals surface area contributed by atoms with Crippen molar-refractivity contribution in [1.29, 1.82) is 5.26 Å². The van der Waals surface area contributed by atoms with E-state index in [0.717, 1.165) is 0 Å². The van der Waals surface area contributed by atoms with Crippen molar-refractivity contribution in [3.8, 4) is 6.07 Å². The van der Waals surface area contributed by atoms with Gasteiger partial charge in [0.25, 0.3) is 0 Å². The SMILES string of the molecule is Cc1nn(C(C)(C)C#N)cc1Nc1ncc(Cl)c(C2(F)CC2)n1. The minimum Gasteiger partial charge on any atom is -0.321 e. The van der Waals surface area contributed by atoms with Crippen molar-refractivity contribution in [2.24, 2.45) is 0 Å². The van der Waals surface area contributed by atoms with E-state index in [-0.39, 0.29) is 16.7 Å². The molecule has 2 aromatic rings. The van der Waals surface area contributed by atoms with Crippen molar-refractivity contribution in [2.75, 3.05) is 5.32 Å². The van der Waals surface area contributed by atoms with E-state index in [4.69, 9.17) is 11.6 Å². The van der Waals surface area contributed by atoms with Crippen molar-refractivity contribution < 1.29 is 4.39 Å². The molecule has 0 bridgehead atoms. The third-order valence-electron chi connectivity index (χ3n) is 3.85. The van der Waals surface area contributed by atoms with E-state index in [9.17, 15) is 9.65 Å². The normalized spacial score (nSPS) is 16.0. The lowest BCUT2D eigenvalue weighted by molar-refractivity contribution is 0.309. The maximum absolute atomic E-state index is 14.2. The van der Waals surface area contributed by atoms with Crippen LogP contribution in [0, 0.1) is 18.3 Å². The Morgan fingerprint density at radius 3 is 2.78 bits per heavy atom. The third kappa shape index (κ3) is 2.86. The summed E-state index contributed by atoms with van der Waals surface area (Å²) in [4.78, 5) is 8.29. The second-order valence-corrected chi connectivity index (χ2v) is 6.63. The molecule has 8 heteroatoms. The molecule has 1 aliphatic carbocycles. The molecule has 120 valence electrons. The van der Waals surface area contributed by atoms with Gasteiger partial charge in [0.15, 0.2) is 5.67 Å². The first-order chi connectivity index (χ1) is 10.7. The van der Waals surface area contributed by atoms with E-state index in [2.05, 4.69) is 26.5 Å². The number of halogens is 2. The molecule has 0 unspecified atom stereocenters. The highest BCUT2D eigenvalue weighted by Crippen LogP contribution is 2.50. The smallest absolute Gasteiger partial charge is 0.227 e. The summed E-state index contributed by atoms with van der Waals surface area (Å²) in [5, 5.41) is 16.8. The van der Waals surface area contributed by atoms with E-state index in [0.29, 0.717) is 24.2 Å². The third-order valence-corrected chi connectivity index (χ3v) is 4.13. The Bertz CT molecular complexity index is 803. The molecule has 3 rings (SSSR count). The van der Waals surface area contributed by atoms with Crippen molar-refractivity contribution in [3.63, 3.8) is 0 Å². The van der Waals surface area contributed by atoms with Crippen LogP contribution in [0.4, 0.5) is 16.0 Å². The molecule has 0 radical (unpaired) electrons. The number of nitrogens with one attached hydrogen (secondary N) is 1. The van der Waals surface area contributed by atoms with Crippen LogP contribution in [0.25, 0.3) is 0 Å². The number of nitriles is 1. The van der Waals surface area contributed by atoms with Gasteiger partial charge in [0.1, 0.15) is 11.2 Å². The summed E-state index contributed by atoms with van der Waals surface area (Å²) in [7, 11) is 0. The van der Waals surface area contributed by atoms with Gasteiger partial charge in [0.05, 0.1) is 34.9 Å². The number of rotatable bonds is 4. The number of hydrogen-bond donors (Lipinski definition) is 1. The molecule has 1 fully saturated rings. The minimum atomic E-state index is -1.43. The molecular formula is C15H16ClFN6. The Kier molecular flexibility index (Phi) is 3.52. The zero-order valence-electron chi connectivity index (χ0n) is 13.1. The summed E-state index contributed by atoms with van der Waals surface area (Å²) in [6.45, 7) is 5.33. The Hall–Kier alpha value is -2.20. The zero-order valence-corrected chi connectivity index (χ0v) is 13.8. The van der Waals surface area contributed by atoms with Crippen LogP contribution >= 0.6 is 11.6 Å². The average molecular weight is 335 g/mol. The molecule has 1 aliphatic rings. The van der Waals surface area contributed by atoms with E-state index in [1.807, 2.05) is 0 Å². The lowest BCUT2D eigenvalue weighted by Gasteiger charge is -2.15. The van der Waals surface area contributed by atoms with Crippen LogP contribution in [0.1, 0.15) is 38.1 Å². The zero-order chi connectivity index (χ0) is 16.8. The number of anilines is 2. The first-order valence-corrected chi connectivity index (χ1v) is 7.60. The highest BCUT2D eigenvalue weighted by Gasteiger charge is 2.48. The fraction of sp³-hybridized carbons (Fsp3) is 0.467. The number of alkyl halides is 1. The number of hydrogen-bond acceptors (Lipinski definition) is 5.